The van der Waals surface area contributed by atoms with Gasteiger partial charge in [-0.2, -0.15) is 0 Å². The van der Waals surface area contributed by atoms with Gasteiger partial charge in [-0.05, 0) is 0 Å². The van der Waals surface area contributed by atoms with Gasteiger partial charge in [-0.1, -0.05) is 0 Å². The predicted molar refractivity (Wildman–Crippen MR) is 61.1 cm³/mol. The molecule has 16 heavy (non-hydrogen) atoms. The van der Waals surface area contributed by atoms with Crippen LogP contribution in [0.2, 0.25) is 0 Å². The molecule has 0 heterocycles. The number of benzene rings is 1. The third-order valence-electron chi connectivity index (χ3n) is 2.36. The van der Waals surface area contributed by atoms with Crippen molar-refractivity contribution >= 4 is 0 Å². The molecule has 1 rings (SSSR count). The second kappa shape index (κ2) is 5.26. The Morgan fingerprint density at radius 1 is 1.06 bits per heavy atom. The normalized spacial score (nSPS) is 11.4. The third-order valence-corrected chi connectivity index (χ3v) is 2.36. The van der Waals surface area contributed by atoms with Crippen LogP contribution < -0.4 is 14.2 Å². The van der Waals surface area contributed by atoms with Gasteiger partial charge >= 0.3 is 0 Å². The molecule has 0 aliphatic rings. The molecule has 0 radical (unpaired) electrons. The van der Waals surface area contributed by atoms with E-state index in [0.29, 0.717) is 17.2 Å². The van der Waals surface area contributed by atoms with Crippen molar-refractivity contribution in [2.75, 3.05) is 21.3 Å². The molecule has 0 fully saturated rings. The highest BCUT2D eigenvalue weighted by atomic mass is 16.5. The topological polar surface area (TPSA) is 32.0 Å². The van der Waals surface area contributed by atoms with Crippen molar-refractivity contribution in [3.8, 4) is 17.2 Å². The van der Waals surface area contributed by atoms with Crippen molar-refractivity contribution in [1.29, 1.82) is 0 Å². The maximum absolute atomic E-state index is 7.07. The van der Waals surface area contributed by atoms with E-state index in [4.69, 9.17) is 20.8 Å². The van der Waals surface area contributed by atoms with Crippen LogP contribution in [0.4, 0.5) is 0 Å². The largest absolute Gasteiger partial charge is 0.496 e. The van der Waals surface area contributed by atoms with Crippen LogP contribution >= 0.6 is 0 Å². The van der Waals surface area contributed by atoms with Crippen LogP contribution in [-0.2, 0) is 0 Å². The molecular weight excluding hydrogens is 206 g/mol. The van der Waals surface area contributed by atoms with E-state index >= 15 is 0 Å². The first kappa shape index (κ1) is 12.2. The standard InChI is InChI=1S/C12H15NO3/c1-8(13-2)12-10(15-4)6-9(14-3)7-11(12)16-5/h6-8H,1,3-5H3. The molecule has 0 aliphatic heterocycles. The zero-order chi connectivity index (χ0) is 12.1. The summed E-state index contributed by atoms with van der Waals surface area (Å²) in [4.78, 5) is 3.48. The van der Waals surface area contributed by atoms with Crippen LogP contribution in [-0.4, -0.2) is 21.3 Å². The lowest BCUT2D eigenvalue weighted by Gasteiger charge is -2.14. The van der Waals surface area contributed by atoms with E-state index in [2.05, 4.69) is 4.85 Å². The van der Waals surface area contributed by atoms with Crippen LogP contribution in [0.15, 0.2) is 12.1 Å². The van der Waals surface area contributed by atoms with Crippen LogP contribution in [0.3, 0.4) is 0 Å². The van der Waals surface area contributed by atoms with Crippen LogP contribution in [0.5, 0.6) is 17.2 Å². The molecule has 0 N–H and O–H groups in total. The van der Waals surface area contributed by atoms with E-state index in [-0.39, 0.29) is 6.04 Å². The number of methoxy groups -OCH3 is 3. The second-order valence-corrected chi connectivity index (χ2v) is 3.25. The van der Waals surface area contributed by atoms with Crippen molar-refractivity contribution in [3.63, 3.8) is 0 Å². The van der Waals surface area contributed by atoms with Gasteiger partial charge in [0.2, 0.25) is 0 Å². The van der Waals surface area contributed by atoms with Crippen LogP contribution in [0.1, 0.15) is 18.5 Å². The molecule has 0 spiro atoms. The summed E-state index contributed by atoms with van der Waals surface area (Å²) in [5, 5.41) is 0. The summed E-state index contributed by atoms with van der Waals surface area (Å²) in [5.74, 6) is 1.87. The summed E-state index contributed by atoms with van der Waals surface area (Å²) in [5.41, 5.74) is 0.751. The summed E-state index contributed by atoms with van der Waals surface area (Å²) in [6, 6.07) is 3.19. The minimum atomic E-state index is -0.309. The van der Waals surface area contributed by atoms with Crippen LogP contribution in [0.25, 0.3) is 4.85 Å². The van der Waals surface area contributed by atoms with Gasteiger partial charge in [0.1, 0.15) is 22.8 Å². The van der Waals surface area contributed by atoms with Gasteiger partial charge in [0.05, 0.1) is 21.3 Å². The first-order chi connectivity index (χ1) is 7.67. The molecule has 4 heteroatoms. The van der Waals surface area contributed by atoms with Gasteiger partial charge in [0.15, 0.2) is 0 Å². The van der Waals surface area contributed by atoms with Gasteiger partial charge < -0.3 is 19.1 Å². The minimum absolute atomic E-state index is 0.309. The number of ether oxygens (including phenoxy) is 3. The molecule has 0 bridgehead atoms. The number of hydrogen-bond acceptors (Lipinski definition) is 3. The first-order valence-corrected chi connectivity index (χ1v) is 4.84. The first-order valence-electron chi connectivity index (χ1n) is 4.84. The average molecular weight is 221 g/mol. The third kappa shape index (κ3) is 2.19. The molecule has 1 aromatic rings. The van der Waals surface area contributed by atoms with Gasteiger partial charge in [0.25, 0.3) is 6.04 Å². The van der Waals surface area contributed by atoms with Crippen molar-refractivity contribution < 1.29 is 14.2 Å². The summed E-state index contributed by atoms with van der Waals surface area (Å²) in [6.07, 6.45) is 0. The lowest BCUT2D eigenvalue weighted by Crippen LogP contribution is -1.99. The van der Waals surface area contributed by atoms with Gasteiger partial charge in [-0.3, -0.25) is 0 Å². The molecular formula is C12H15NO3. The maximum atomic E-state index is 7.07. The van der Waals surface area contributed by atoms with Crippen molar-refractivity contribution in [3.05, 3.63) is 29.1 Å². The minimum Gasteiger partial charge on any atom is -0.496 e. The Balaban J connectivity index is 3.38. The fraction of sp³-hybridized carbons (Fsp3) is 0.417. The van der Waals surface area contributed by atoms with E-state index in [0.717, 1.165) is 5.56 Å². The van der Waals surface area contributed by atoms with E-state index < -0.39 is 0 Å². The molecule has 0 saturated carbocycles. The SMILES string of the molecule is [C-]#[N+]C(C)c1c(OC)cc(OC)cc1OC. The molecule has 1 aromatic carbocycles. The zero-order valence-corrected chi connectivity index (χ0v) is 9.90. The predicted octanol–water partition coefficient (Wildman–Crippen LogP) is 2.69. The summed E-state index contributed by atoms with van der Waals surface area (Å²) in [6.45, 7) is 8.88. The maximum Gasteiger partial charge on any atom is 0.253 e. The second-order valence-electron chi connectivity index (χ2n) is 3.25. The lowest BCUT2D eigenvalue weighted by molar-refractivity contribution is 0.367. The Hall–Kier alpha value is -1.89. The molecule has 86 valence electrons. The Bertz CT molecular complexity index is 384. The molecule has 4 nitrogen and oxygen atoms in total. The van der Waals surface area contributed by atoms with Gasteiger partial charge in [0, 0.05) is 19.1 Å². The molecule has 0 aromatic heterocycles. The Morgan fingerprint density at radius 2 is 1.56 bits per heavy atom. The van der Waals surface area contributed by atoms with Gasteiger partial charge in [-0.15, -0.1) is 0 Å². The Morgan fingerprint density at radius 3 is 1.88 bits per heavy atom. The molecule has 1 atom stereocenters. The highest BCUT2D eigenvalue weighted by Crippen LogP contribution is 2.39. The van der Waals surface area contributed by atoms with Gasteiger partial charge in [-0.25, -0.2) is 6.57 Å². The summed E-state index contributed by atoms with van der Waals surface area (Å²) in [7, 11) is 4.70. The molecule has 0 aliphatic carbocycles. The van der Waals surface area contributed by atoms with E-state index in [1.807, 2.05) is 0 Å². The number of nitrogens with zero attached hydrogens (tertiary/aromatic N) is 1. The highest BCUT2D eigenvalue weighted by Gasteiger charge is 2.22. The van der Waals surface area contributed by atoms with Crippen molar-refractivity contribution in [2.45, 2.75) is 13.0 Å². The molecule has 0 saturated heterocycles. The fourth-order valence-electron chi connectivity index (χ4n) is 1.51. The lowest BCUT2D eigenvalue weighted by atomic mass is 10.1. The quantitative estimate of drug-likeness (QED) is 0.733. The van der Waals surface area contributed by atoms with E-state index in [1.165, 1.54) is 0 Å². The summed E-state index contributed by atoms with van der Waals surface area (Å²) >= 11 is 0. The monoisotopic (exact) mass is 221 g/mol. The van der Waals surface area contributed by atoms with E-state index in [1.54, 1.807) is 40.4 Å². The number of hydrogen-bond donors (Lipinski definition) is 0. The highest BCUT2D eigenvalue weighted by molar-refractivity contribution is 5.52. The van der Waals surface area contributed by atoms with Crippen molar-refractivity contribution in [1.82, 2.24) is 0 Å². The van der Waals surface area contributed by atoms with Crippen molar-refractivity contribution in [2.24, 2.45) is 0 Å². The smallest absolute Gasteiger partial charge is 0.253 e. The van der Waals surface area contributed by atoms with Crippen LogP contribution in [0, 0.1) is 6.57 Å². The zero-order valence-electron chi connectivity index (χ0n) is 9.90. The Labute approximate surface area is 95.6 Å². The average Bonchev–Trinajstić information content (AvgIpc) is 2.35. The summed E-state index contributed by atoms with van der Waals surface area (Å²) < 4.78 is 15.6. The van der Waals surface area contributed by atoms with E-state index in [9.17, 15) is 0 Å². The fourth-order valence-corrected chi connectivity index (χ4v) is 1.51. The number of rotatable bonds is 4. The Kier molecular flexibility index (Phi) is 4.01. The molecule has 0 amide bonds. The molecule has 1 unspecified atom stereocenters.